The number of aromatic nitrogens is 7. The minimum atomic E-state index is 0.0693. The third-order valence-corrected chi connectivity index (χ3v) is 6.63. The SMILES string of the molecule is CC(=O)c1ccc(-c2ccnc3[nH]c(-c4n[nH]c5ccc(-c6cnn(C)c6)nc45)cc23)s1. The van der Waals surface area contributed by atoms with E-state index in [1.165, 1.54) is 11.3 Å². The number of aromatic amines is 2. The minimum absolute atomic E-state index is 0.0693. The van der Waals surface area contributed by atoms with Crippen LogP contribution in [0, 0.1) is 0 Å². The van der Waals surface area contributed by atoms with E-state index in [4.69, 9.17) is 4.98 Å². The van der Waals surface area contributed by atoms with Crippen molar-refractivity contribution in [2.45, 2.75) is 6.92 Å². The molecule has 0 aromatic carbocycles. The van der Waals surface area contributed by atoms with Gasteiger partial charge in [-0.1, -0.05) is 0 Å². The summed E-state index contributed by atoms with van der Waals surface area (Å²) in [5.41, 5.74) is 6.74. The van der Waals surface area contributed by atoms with Crippen molar-refractivity contribution in [3.8, 4) is 33.1 Å². The highest BCUT2D eigenvalue weighted by Crippen LogP contribution is 2.36. The zero-order valence-electron chi connectivity index (χ0n) is 17.2. The maximum Gasteiger partial charge on any atom is 0.169 e. The van der Waals surface area contributed by atoms with Crippen LogP contribution in [0.5, 0.6) is 0 Å². The lowest BCUT2D eigenvalue weighted by molar-refractivity contribution is 0.102. The number of pyridine rings is 2. The van der Waals surface area contributed by atoms with Gasteiger partial charge < -0.3 is 4.98 Å². The number of fused-ring (bicyclic) bond motifs is 2. The van der Waals surface area contributed by atoms with Gasteiger partial charge >= 0.3 is 0 Å². The second-order valence-corrected chi connectivity index (χ2v) is 8.68. The lowest BCUT2D eigenvalue weighted by atomic mass is 10.1. The number of carbonyl (C=O) groups excluding carboxylic acids is 1. The number of thiophene rings is 1. The number of hydrogen-bond acceptors (Lipinski definition) is 6. The van der Waals surface area contributed by atoms with Crippen LogP contribution >= 0.6 is 11.3 Å². The molecular formula is C23H17N7OS. The normalized spacial score (nSPS) is 11.6. The summed E-state index contributed by atoms with van der Waals surface area (Å²) in [7, 11) is 1.88. The van der Waals surface area contributed by atoms with Crippen LogP contribution in [0.25, 0.3) is 55.2 Å². The summed E-state index contributed by atoms with van der Waals surface area (Å²) in [6.07, 6.45) is 5.50. The zero-order chi connectivity index (χ0) is 21.8. The number of rotatable bonds is 4. The Kier molecular flexibility index (Phi) is 4.05. The Balaban J connectivity index is 1.49. The number of nitrogens with zero attached hydrogens (tertiary/aromatic N) is 5. The molecule has 6 aromatic rings. The molecule has 9 heteroatoms. The molecule has 0 aliphatic rings. The largest absolute Gasteiger partial charge is 0.338 e. The number of hydrogen-bond donors (Lipinski definition) is 2. The van der Waals surface area contributed by atoms with Crippen molar-refractivity contribution in [3.05, 3.63) is 59.9 Å². The predicted molar refractivity (Wildman–Crippen MR) is 124 cm³/mol. The van der Waals surface area contributed by atoms with E-state index in [-0.39, 0.29) is 5.78 Å². The van der Waals surface area contributed by atoms with E-state index in [0.29, 0.717) is 0 Å². The van der Waals surface area contributed by atoms with Crippen molar-refractivity contribution < 1.29 is 4.79 Å². The van der Waals surface area contributed by atoms with Crippen LogP contribution in [0.3, 0.4) is 0 Å². The molecule has 2 N–H and O–H groups in total. The van der Waals surface area contributed by atoms with Gasteiger partial charge in [0.2, 0.25) is 0 Å². The standard InChI is InChI=1S/C23H17N7OS/c1-12(31)19-5-6-20(32-19)14-7-8-24-23-15(14)9-18(27-23)22-21-17(28-29-22)4-3-16(26-21)13-10-25-30(2)11-13/h3-11H,1-2H3,(H,24,27)(H,28,29). The quantitative estimate of drug-likeness (QED) is 0.383. The third kappa shape index (κ3) is 2.94. The molecule has 0 spiro atoms. The highest BCUT2D eigenvalue weighted by Gasteiger charge is 2.17. The van der Waals surface area contributed by atoms with Gasteiger partial charge in [0.1, 0.15) is 16.9 Å². The van der Waals surface area contributed by atoms with E-state index in [0.717, 1.165) is 60.0 Å². The van der Waals surface area contributed by atoms with Crippen LogP contribution in [0.2, 0.25) is 0 Å². The molecule has 32 heavy (non-hydrogen) atoms. The Labute approximate surface area is 186 Å². The molecule has 0 unspecified atom stereocenters. The first-order valence-electron chi connectivity index (χ1n) is 10.0. The Morgan fingerprint density at radius 1 is 1.16 bits per heavy atom. The summed E-state index contributed by atoms with van der Waals surface area (Å²) in [5.74, 6) is 0.0693. The minimum Gasteiger partial charge on any atom is -0.338 e. The average Bonchev–Trinajstić information content (AvgIpc) is 3.56. The molecule has 0 radical (unpaired) electrons. The van der Waals surface area contributed by atoms with Crippen LogP contribution in [0.1, 0.15) is 16.6 Å². The van der Waals surface area contributed by atoms with Crippen molar-refractivity contribution in [2.75, 3.05) is 0 Å². The summed E-state index contributed by atoms with van der Waals surface area (Å²) in [4.78, 5) is 26.2. The van der Waals surface area contributed by atoms with Gasteiger partial charge in [0.15, 0.2) is 5.78 Å². The van der Waals surface area contributed by atoms with E-state index in [2.05, 4.69) is 25.3 Å². The summed E-state index contributed by atoms with van der Waals surface area (Å²) < 4.78 is 1.75. The second kappa shape index (κ2) is 6.96. The number of carbonyl (C=O) groups is 1. The summed E-state index contributed by atoms with van der Waals surface area (Å²) in [5, 5.41) is 12.8. The number of ketones is 1. The maximum absolute atomic E-state index is 11.7. The van der Waals surface area contributed by atoms with E-state index in [1.54, 1.807) is 24.0 Å². The fraction of sp³-hybridized carbons (Fsp3) is 0.0870. The van der Waals surface area contributed by atoms with Gasteiger partial charge in [0.05, 0.1) is 28.0 Å². The van der Waals surface area contributed by atoms with E-state index >= 15 is 0 Å². The topological polar surface area (TPSA) is 105 Å². The van der Waals surface area contributed by atoms with Crippen molar-refractivity contribution in [1.82, 2.24) is 34.9 Å². The molecule has 0 fully saturated rings. The average molecular weight is 440 g/mol. The van der Waals surface area contributed by atoms with Crippen molar-refractivity contribution in [3.63, 3.8) is 0 Å². The molecule has 8 nitrogen and oxygen atoms in total. The van der Waals surface area contributed by atoms with Crippen LogP contribution in [0.15, 0.2) is 55.0 Å². The van der Waals surface area contributed by atoms with Crippen LogP contribution in [-0.2, 0) is 7.05 Å². The molecule has 156 valence electrons. The third-order valence-electron chi connectivity index (χ3n) is 5.41. The Hall–Kier alpha value is -4.11. The smallest absolute Gasteiger partial charge is 0.169 e. The summed E-state index contributed by atoms with van der Waals surface area (Å²) in [6, 6.07) is 11.8. The van der Waals surface area contributed by atoms with Crippen molar-refractivity contribution in [1.29, 1.82) is 0 Å². The van der Waals surface area contributed by atoms with E-state index < -0.39 is 0 Å². The number of Topliss-reactive ketones (excluding diaryl/α,β-unsaturated/α-hetero) is 1. The molecule has 6 rings (SSSR count). The van der Waals surface area contributed by atoms with Crippen LogP contribution < -0.4 is 0 Å². The van der Waals surface area contributed by atoms with Gasteiger partial charge in [-0.25, -0.2) is 9.97 Å². The molecular weight excluding hydrogens is 422 g/mol. The second-order valence-electron chi connectivity index (χ2n) is 7.59. The maximum atomic E-state index is 11.7. The summed E-state index contributed by atoms with van der Waals surface area (Å²) >= 11 is 1.49. The molecule has 0 atom stereocenters. The first-order chi connectivity index (χ1) is 15.6. The zero-order valence-corrected chi connectivity index (χ0v) is 18.1. The Morgan fingerprint density at radius 2 is 2.06 bits per heavy atom. The lowest BCUT2D eigenvalue weighted by Crippen LogP contribution is -1.86. The Bertz CT molecular complexity index is 1630. The van der Waals surface area contributed by atoms with Gasteiger partial charge in [-0.05, 0) is 43.3 Å². The van der Waals surface area contributed by atoms with Crippen LogP contribution in [-0.4, -0.2) is 40.7 Å². The predicted octanol–water partition coefficient (Wildman–Crippen LogP) is 4.83. The van der Waals surface area contributed by atoms with Crippen molar-refractivity contribution >= 4 is 39.2 Å². The molecule has 0 saturated carbocycles. The fourth-order valence-corrected chi connectivity index (χ4v) is 4.78. The molecule has 6 heterocycles. The lowest BCUT2D eigenvalue weighted by Gasteiger charge is -1.98. The van der Waals surface area contributed by atoms with Gasteiger partial charge in [0, 0.05) is 40.8 Å². The molecule has 0 bridgehead atoms. The molecule has 6 aromatic heterocycles. The monoisotopic (exact) mass is 439 g/mol. The highest BCUT2D eigenvalue weighted by atomic mass is 32.1. The van der Waals surface area contributed by atoms with Crippen molar-refractivity contribution in [2.24, 2.45) is 7.05 Å². The first kappa shape index (κ1) is 18.6. The molecule has 0 aliphatic heterocycles. The number of nitrogens with one attached hydrogen (secondary N) is 2. The van der Waals surface area contributed by atoms with Gasteiger partial charge in [0.25, 0.3) is 0 Å². The molecule has 0 aliphatic carbocycles. The van der Waals surface area contributed by atoms with Gasteiger partial charge in [-0.15, -0.1) is 11.3 Å². The first-order valence-corrected chi connectivity index (χ1v) is 10.8. The molecule has 0 saturated heterocycles. The van der Waals surface area contributed by atoms with Gasteiger partial charge in [-0.2, -0.15) is 10.2 Å². The Morgan fingerprint density at radius 3 is 2.84 bits per heavy atom. The highest BCUT2D eigenvalue weighted by molar-refractivity contribution is 7.17. The van der Waals surface area contributed by atoms with E-state index in [9.17, 15) is 4.79 Å². The fourth-order valence-electron chi connectivity index (χ4n) is 3.84. The molecule has 0 amide bonds. The number of H-pyrrole nitrogens is 2. The van der Waals surface area contributed by atoms with Crippen LogP contribution in [0.4, 0.5) is 0 Å². The number of aryl methyl sites for hydroxylation is 1. The summed E-state index contributed by atoms with van der Waals surface area (Å²) in [6.45, 7) is 1.58. The van der Waals surface area contributed by atoms with E-state index in [1.807, 2.05) is 49.6 Å². The van der Waals surface area contributed by atoms with Gasteiger partial charge in [-0.3, -0.25) is 14.6 Å².